The molecule has 1 aromatic heterocycles. The van der Waals surface area contributed by atoms with Crippen LogP contribution in [0.2, 0.25) is 0 Å². The molecule has 0 aliphatic rings. The first-order valence-corrected chi connectivity index (χ1v) is 5.11. The number of nitrogens with zero attached hydrogens (tertiary/aromatic N) is 3. The zero-order valence-corrected chi connectivity index (χ0v) is 9.17. The topological polar surface area (TPSA) is 56.2 Å². The normalized spacial score (nSPS) is 11.1. The van der Waals surface area contributed by atoms with Gasteiger partial charge in [0.05, 0.1) is 11.4 Å². The average molecular weight is 214 g/mol. The Labute approximate surface area is 94.4 Å². The molecule has 0 amide bonds. The summed E-state index contributed by atoms with van der Waals surface area (Å²) in [5, 5.41) is 4.42. The van der Waals surface area contributed by atoms with Crippen molar-refractivity contribution in [3.05, 3.63) is 42.1 Å². The SMILES string of the molecule is CN=CCc1cc(N)n(-c2ccccc2)n1. The Bertz CT molecular complexity index is 485. The number of nitrogens with two attached hydrogens (primary N) is 1. The first-order chi connectivity index (χ1) is 7.81. The van der Waals surface area contributed by atoms with Crippen molar-refractivity contribution in [3.63, 3.8) is 0 Å². The van der Waals surface area contributed by atoms with Gasteiger partial charge in [0, 0.05) is 25.7 Å². The fourth-order valence-corrected chi connectivity index (χ4v) is 1.51. The monoisotopic (exact) mass is 214 g/mol. The lowest BCUT2D eigenvalue weighted by Crippen LogP contribution is -2.01. The summed E-state index contributed by atoms with van der Waals surface area (Å²) in [6.07, 6.45) is 2.53. The summed E-state index contributed by atoms with van der Waals surface area (Å²) in [4.78, 5) is 3.93. The number of aliphatic imine (C=N–C) groups is 1. The summed E-state index contributed by atoms with van der Waals surface area (Å²) in [5.74, 6) is 0.644. The number of benzene rings is 1. The lowest BCUT2D eigenvalue weighted by Gasteiger charge is -2.02. The van der Waals surface area contributed by atoms with Crippen LogP contribution in [0.1, 0.15) is 5.69 Å². The Balaban J connectivity index is 2.32. The molecule has 16 heavy (non-hydrogen) atoms. The molecule has 0 unspecified atom stereocenters. The molecule has 4 heteroatoms. The third-order valence-electron chi connectivity index (χ3n) is 2.27. The van der Waals surface area contributed by atoms with Gasteiger partial charge in [0.1, 0.15) is 5.82 Å². The first kappa shape index (κ1) is 10.4. The van der Waals surface area contributed by atoms with Crippen LogP contribution in [0.4, 0.5) is 5.82 Å². The Morgan fingerprint density at radius 3 is 2.81 bits per heavy atom. The van der Waals surface area contributed by atoms with Crippen LogP contribution in [-0.2, 0) is 6.42 Å². The quantitative estimate of drug-likeness (QED) is 0.790. The Hall–Kier alpha value is -2.10. The van der Waals surface area contributed by atoms with Gasteiger partial charge in [-0.1, -0.05) is 18.2 Å². The predicted octanol–water partition coefficient (Wildman–Crippen LogP) is 1.70. The van der Waals surface area contributed by atoms with E-state index in [2.05, 4.69) is 10.1 Å². The fraction of sp³-hybridized carbons (Fsp3) is 0.167. The van der Waals surface area contributed by atoms with Crippen molar-refractivity contribution < 1.29 is 0 Å². The highest BCUT2D eigenvalue weighted by atomic mass is 15.3. The predicted molar refractivity (Wildman–Crippen MR) is 66.1 cm³/mol. The third-order valence-corrected chi connectivity index (χ3v) is 2.27. The maximum absolute atomic E-state index is 5.90. The molecule has 0 bridgehead atoms. The fourth-order valence-electron chi connectivity index (χ4n) is 1.51. The molecule has 0 fully saturated rings. The van der Waals surface area contributed by atoms with E-state index in [4.69, 9.17) is 5.73 Å². The van der Waals surface area contributed by atoms with E-state index in [-0.39, 0.29) is 0 Å². The zero-order chi connectivity index (χ0) is 11.4. The van der Waals surface area contributed by atoms with Crippen molar-refractivity contribution in [2.75, 3.05) is 12.8 Å². The molecule has 1 aromatic carbocycles. The minimum Gasteiger partial charge on any atom is -0.384 e. The van der Waals surface area contributed by atoms with Gasteiger partial charge in [-0.3, -0.25) is 0 Å². The standard InChI is InChI=1S/C12H14N4/c1-14-8-7-10-9-12(13)16(15-10)11-5-3-2-4-6-11/h2-6,8-9H,7,13H2,1H3. The molecule has 0 aliphatic heterocycles. The Kier molecular flexibility index (Phi) is 3.00. The molecule has 0 saturated carbocycles. The van der Waals surface area contributed by atoms with Gasteiger partial charge in [-0.25, -0.2) is 4.68 Å². The molecule has 0 atom stereocenters. The van der Waals surface area contributed by atoms with Gasteiger partial charge in [0.25, 0.3) is 0 Å². The number of rotatable bonds is 3. The van der Waals surface area contributed by atoms with Crippen molar-refractivity contribution in [2.24, 2.45) is 4.99 Å². The van der Waals surface area contributed by atoms with E-state index in [1.807, 2.05) is 42.6 Å². The van der Waals surface area contributed by atoms with Crippen LogP contribution in [0, 0.1) is 0 Å². The lowest BCUT2D eigenvalue weighted by molar-refractivity contribution is 0.865. The molecule has 0 aliphatic carbocycles. The van der Waals surface area contributed by atoms with Gasteiger partial charge in [-0.2, -0.15) is 5.10 Å². The second kappa shape index (κ2) is 4.61. The largest absolute Gasteiger partial charge is 0.384 e. The van der Waals surface area contributed by atoms with E-state index in [1.54, 1.807) is 11.7 Å². The maximum Gasteiger partial charge on any atom is 0.127 e. The highest BCUT2D eigenvalue weighted by Crippen LogP contribution is 2.13. The van der Waals surface area contributed by atoms with Crippen LogP contribution in [0.3, 0.4) is 0 Å². The highest BCUT2D eigenvalue weighted by molar-refractivity contribution is 5.61. The maximum atomic E-state index is 5.90. The van der Waals surface area contributed by atoms with Crippen molar-refractivity contribution in [2.45, 2.75) is 6.42 Å². The van der Waals surface area contributed by atoms with Crippen LogP contribution in [0.25, 0.3) is 5.69 Å². The van der Waals surface area contributed by atoms with Gasteiger partial charge in [0.2, 0.25) is 0 Å². The van der Waals surface area contributed by atoms with Crippen LogP contribution in [0.5, 0.6) is 0 Å². The summed E-state index contributed by atoms with van der Waals surface area (Å²) in [6.45, 7) is 0. The van der Waals surface area contributed by atoms with Crippen molar-refractivity contribution in [1.82, 2.24) is 9.78 Å². The molecule has 82 valence electrons. The van der Waals surface area contributed by atoms with Gasteiger partial charge in [-0.05, 0) is 12.1 Å². The third kappa shape index (κ3) is 2.11. The van der Waals surface area contributed by atoms with Crippen LogP contribution in [0.15, 0.2) is 41.4 Å². The molecule has 0 spiro atoms. The number of aromatic nitrogens is 2. The number of para-hydroxylation sites is 1. The van der Waals surface area contributed by atoms with Crippen molar-refractivity contribution in [1.29, 1.82) is 0 Å². The lowest BCUT2D eigenvalue weighted by atomic mass is 10.3. The van der Waals surface area contributed by atoms with E-state index in [1.165, 1.54) is 0 Å². The van der Waals surface area contributed by atoms with E-state index in [9.17, 15) is 0 Å². The molecular formula is C12H14N4. The van der Waals surface area contributed by atoms with Crippen LogP contribution < -0.4 is 5.73 Å². The smallest absolute Gasteiger partial charge is 0.127 e. The summed E-state index contributed by atoms with van der Waals surface area (Å²) in [7, 11) is 1.75. The summed E-state index contributed by atoms with van der Waals surface area (Å²) in [6, 6.07) is 11.7. The van der Waals surface area contributed by atoms with E-state index < -0.39 is 0 Å². The second-order valence-electron chi connectivity index (χ2n) is 3.45. The molecule has 2 N–H and O–H groups in total. The summed E-state index contributed by atoms with van der Waals surface area (Å²) in [5.41, 5.74) is 7.80. The highest BCUT2D eigenvalue weighted by Gasteiger charge is 2.05. The zero-order valence-electron chi connectivity index (χ0n) is 9.17. The van der Waals surface area contributed by atoms with Gasteiger partial charge in [0.15, 0.2) is 0 Å². The number of hydrogen-bond acceptors (Lipinski definition) is 3. The minimum absolute atomic E-state index is 0.644. The average Bonchev–Trinajstić information content (AvgIpc) is 2.69. The van der Waals surface area contributed by atoms with E-state index >= 15 is 0 Å². The van der Waals surface area contributed by atoms with Gasteiger partial charge >= 0.3 is 0 Å². The molecule has 2 aromatic rings. The van der Waals surface area contributed by atoms with Crippen LogP contribution >= 0.6 is 0 Å². The number of nitrogen functional groups attached to an aromatic ring is 1. The van der Waals surface area contributed by atoms with Gasteiger partial charge < -0.3 is 10.7 Å². The van der Waals surface area contributed by atoms with Gasteiger partial charge in [-0.15, -0.1) is 0 Å². The van der Waals surface area contributed by atoms with Crippen LogP contribution in [-0.4, -0.2) is 23.0 Å². The first-order valence-electron chi connectivity index (χ1n) is 5.11. The molecule has 2 rings (SSSR count). The van der Waals surface area contributed by atoms with E-state index in [0.29, 0.717) is 12.2 Å². The van der Waals surface area contributed by atoms with Crippen molar-refractivity contribution >= 4 is 12.0 Å². The summed E-state index contributed by atoms with van der Waals surface area (Å²) < 4.78 is 1.73. The molecular weight excluding hydrogens is 200 g/mol. The Morgan fingerprint density at radius 1 is 1.38 bits per heavy atom. The number of anilines is 1. The molecule has 1 heterocycles. The minimum atomic E-state index is 0.644. The Morgan fingerprint density at radius 2 is 2.12 bits per heavy atom. The molecule has 0 radical (unpaired) electrons. The second-order valence-corrected chi connectivity index (χ2v) is 3.45. The van der Waals surface area contributed by atoms with E-state index in [0.717, 1.165) is 11.4 Å². The molecule has 0 saturated heterocycles. The number of hydrogen-bond donors (Lipinski definition) is 1. The molecule has 4 nitrogen and oxygen atoms in total. The van der Waals surface area contributed by atoms with Crippen molar-refractivity contribution in [3.8, 4) is 5.69 Å². The summed E-state index contributed by atoms with van der Waals surface area (Å²) >= 11 is 0.